The molecule has 0 saturated carbocycles. The summed E-state index contributed by atoms with van der Waals surface area (Å²) in [6.45, 7) is 4.23. The molecule has 0 bridgehead atoms. The topological polar surface area (TPSA) is 74.8 Å². The second kappa shape index (κ2) is 9.35. The molecule has 2 aromatic heterocycles. The van der Waals surface area contributed by atoms with Crippen molar-refractivity contribution in [2.75, 3.05) is 5.75 Å². The van der Waals surface area contributed by atoms with Crippen LogP contribution in [-0.2, 0) is 23.4 Å². The van der Waals surface area contributed by atoms with Gasteiger partial charge in [-0.15, -0.1) is 11.3 Å². The zero-order valence-electron chi connectivity index (χ0n) is 17.4. The fourth-order valence-corrected chi connectivity index (χ4v) is 6.07. The summed E-state index contributed by atoms with van der Waals surface area (Å²) in [4.78, 5) is 34.8. The molecule has 1 aromatic carbocycles. The van der Waals surface area contributed by atoms with E-state index in [2.05, 4.69) is 41.3 Å². The molecule has 1 amide bonds. The Morgan fingerprint density at radius 2 is 2.07 bits per heavy atom. The fourth-order valence-electron chi connectivity index (χ4n) is 3.99. The number of hydrogen-bond donors (Lipinski definition) is 2. The summed E-state index contributed by atoms with van der Waals surface area (Å²) in [5.74, 6) is 2.36. The molecule has 30 heavy (non-hydrogen) atoms. The number of nitrogens with one attached hydrogen (secondary N) is 2. The SMILES string of the molecule is CC(C)C(NC(=O)CCSCc1nc2sc3c(c2c(=O)[nH]1)CCC3)c1ccccc1. The highest BCUT2D eigenvalue weighted by molar-refractivity contribution is 7.98. The Hall–Kier alpha value is -2.12. The number of aromatic amines is 1. The molecule has 7 heteroatoms. The minimum absolute atomic E-state index is 0.0182. The van der Waals surface area contributed by atoms with E-state index in [1.54, 1.807) is 23.1 Å². The highest BCUT2D eigenvalue weighted by atomic mass is 32.2. The Bertz CT molecular complexity index is 1090. The van der Waals surface area contributed by atoms with Gasteiger partial charge in [0.1, 0.15) is 10.7 Å². The first-order chi connectivity index (χ1) is 14.5. The predicted octanol–water partition coefficient (Wildman–Crippen LogP) is 4.61. The predicted molar refractivity (Wildman–Crippen MR) is 125 cm³/mol. The van der Waals surface area contributed by atoms with Crippen molar-refractivity contribution in [3.05, 3.63) is 62.5 Å². The average Bonchev–Trinajstić information content (AvgIpc) is 3.30. The second-order valence-corrected chi connectivity index (χ2v) is 10.2. The highest BCUT2D eigenvalue weighted by Crippen LogP contribution is 2.34. The van der Waals surface area contributed by atoms with Crippen LogP contribution < -0.4 is 10.9 Å². The smallest absolute Gasteiger partial charge is 0.259 e. The standard InChI is InChI=1S/C23H27N3O2S2/c1-14(2)21(15-7-4-3-5-8-15)26-19(27)11-12-29-13-18-24-22(28)20-16-9-6-10-17(16)30-23(20)25-18/h3-5,7-8,14,21H,6,9-13H2,1-2H3,(H,26,27)(H,24,25,28). The van der Waals surface area contributed by atoms with E-state index < -0.39 is 0 Å². The number of fused-ring (bicyclic) bond motifs is 3. The van der Waals surface area contributed by atoms with E-state index in [1.807, 2.05) is 18.2 Å². The molecule has 2 N–H and O–H groups in total. The number of thiophene rings is 1. The van der Waals surface area contributed by atoms with Gasteiger partial charge in [0.2, 0.25) is 5.91 Å². The number of hydrogen-bond acceptors (Lipinski definition) is 5. The van der Waals surface area contributed by atoms with Crippen molar-refractivity contribution in [2.24, 2.45) is 5.92 Å². The molecule has 158 valence electrons. The lowest BCUT2D eigenvalue weighted by atomic mass is 9.96. The third kappa shape index (κ3) is 4.62. The molecular weight excluding hydrogens is 414 g/mol. The Kier molecular flexibility index (Phi) is 6.58. The van der Waals surface area contributed by atoms with Crippen molar-refractivity contribution >= 4 is 39.2 Å². The zero-order valence-corrected chi connectivity index (χ0v) is 19.0. The normalized spacial score (nSPS) is 14.2. The molecule has 0 radical (unpaired) electrons. The van der Waals surface area contributed by atoms with Crippen molar-refractivity contribution in [3.63, 3.8) is 0 Å². The van der Waals surface area contributed by atoms with E-state index >= 15 is 0 Å². The van der Waals surface area contributed by atoms with Crippen molar-refractivity contribution in [2.45, 2.75) is 51.3 Å². The van der Waals surface area contributed by atoms with Crippen LogP contribution in [0.3, 0.4) is 0 Å². The first-order valence-corrected chi connectivity index (χ1v) is 12.5. The molecule has 0 spiro atoms. The van der Waals surface area contributed by atoms with Gasteiger partial charge in [-0.3, -0.25) is 9.59 Å². The van der Waals surface area contributed by atoms with Crippen LogP contribution in [0.25, 0.3) is 10.2 Å². The molecule has 0 fully saturated rings. The molecule has 0 saturated heterocycles. The maximum atomic E-state index is 12.5. The first kappa shape index (κ1) is 21.1. The molecule has 2 heterocycles. The number of benzene rings is 1. The largest absolute Gasteiger partial charge is 0.349 e. The van der Waals surface area contributed by atoms with Gasteiger partial charge in [-0.05, 0) is 36.3 Å². The van der Waals surface area contributed by atoms with Gasteiger partial charge in [-0.1, -0.05) is 44.2 Å². The lowest BCUT2D eigenvalue weighted by Gasteiger charge is -2.23. The molecule has 1 aliphatic carbocycles. The minimum Gasteiger partial charge on any atom is -0.349 e. The van der Waals surface area contributed by atoms with Gasteiger partial charge in [0.05, 0.1) is 17.2 Å². The van der Waals surface area contributed by atoms with Crippen molar-refractivity contribution in [3.8, 4) is 0 Å². The molecule has 1 atom stereocenters. The molecule has 0 aliphatic heterocycles. The Balaban J connectivity index is 1.30. The summed E-state index contributed by atoms with van der Waals surface area (Å²) in [6.07, 6.45) is 3.64. The lowest BCUT2D eigenvalue weighted by Crippen LogP contribution is -2.31. The van der Waals surface area contributed by atoms with Gasteiger partial charge in [0.25, 0.3) is 5.56 Å². The Morgan fingerprint density at radius 3 is 2.83 bits per heavy atom. The monoisotopic (exact) mass is 441 g/mol. The number of amides is 1. The average molecular weight is 442 g/mol. The maximum absolute atomic E-state index is 12.5. The number of rotatable bonds is 8. The molecule has 1 aliphatic rings. The summed E-state index contributed by atoms with van der Waals surface area (Å²) in [7, 11) is 0. The molecule has 5 nitrogen and oxygen atoms in total. The third-order valence-electron chi connectivity index (χ3n) is 5.48. The zero-order chi connectivity index (χ0) is 21.1. The van der Waals surface area contributed by atoms with Gasteiger partial charge >= 0.3 is 0 Å². The number of carbonyl (C=O) groups is 1. The van der Waals surface area contributed by atoms with Crippen LogP contribution in [-0.4, -0.2) is 21.6 Å². The van der Waals surface area contributed by atoms with E-state index in [1.165, 1.54) is 10.4 Å². The van der Waals surface area contributed by atoms with Crippen LogP contribution in [0.5, 0.6) is 0 Å². The van der Waals surface area contributed by atoms with Crippen LogP contribution >= 0.6 is 23.1 Å². The number of aromatic nitrogens is 2. The Labute approximate surface area is 184 Å². The number of aryl methyl sites for hydroxylation is 2. The van der Waals surface area contributed by atoms with Gasteiger partial charge in [-0.2, -0.15) is 11.8 Å². The van der Waals surface area contributed by atoms with Crippen molar-refractivity contribution < 1.29 is 4.79 Å². The van der Waals surface area contributed by atoms with Crippen molar-refractivity contribution in [1.29, 1.82) is 0 Å². The summed E-state index contributed by atoms with van der Waals surface area (Å²) in [5, 5.41) is 3.96. The van der Waals surface area contributed by atoms with E-state index in [4.69, 9.17) is 0 Å². The molecule has 1 unspecified atom stereocenters. The first-order valence-electron chi connectivity index (χ1n) is 10.5. The fraction of sp³-hybridized carbons (Fsp3) is 0.435. The third-order valence-corrected chi connectivity index (χ3v) is 7.63. The number of H-pyrrole nitrogens is 1. The Morgan fingerprint density at radius 1 is 1.27 bits per heavy atom. The summed E-state index contributed by atoms with van der Waals surface area (Å²) < 4.78 is 0. The van der Waals surface area contributed by atoms with Crippen LogP contribution in [0.1, 0.15) is 54.6 Å². The van der Waals surface area contributed by atoms with Gasteiger partial charge in [0.15, 0.2) is 0 Å². The summed E-state index contributed by atoms with van der Waals surface area (Å²) >= 11 is 3.29. The molecule has 3 aromatic rings. The second-order valence-electron chi connectivity index (χ2n) is 8.05. The van der Waals surface area contributed by atoms with E-state index in [-0.39, 0.29) is 17.5 Å². The molecule has 4 rings (SSSR count). The number of thioether (sulfide) groups is 1. The highest BCUT2D eigenvalue weighted by Gasteiger charge is 2.21. The van der Waals surface area contributed by atoms with Crippen LogP contribution in [0, 0.1) is 5.92 Å². The lowest BCUT2D eigenvalue weighted by molar-refractivity contribution is -0.121. The van der Waals surface area contributed by atoms with Crippen LogP contribution in [0.2, 0.25) is 0 Å². The summed E-state index contributed by atoms with van der Waals surface area (Å²) in [6, 6.07) is 10.1. The minimum atomic E-state index is -0.0182. The molecular formula is C23H27N3O2S2. The van der Waals surface area contributed by atoms with E-state index in [0.29, 0.717) is 29.7 Å². The van der Waals surface area contributed by atoms with Gasteiger partial charge < -0.3 is 10.3 Å². The van der Waals surface area contributed by atoms with Crippen molar-refractivity contribution in [1.82, 2.24) is 15.3 Å². The van der Waals surface area contributed by atoms with Gasteiger partial charge in [0, 0.05) is 17.1 Å². The van der Waals surface area contributed by atoms with Crippen LogP contribution in [0.4, 0.5) is 0 Å². The van der Waals surface area contributed by atoms with E-state index in [0.717, 1.165) is 35.0 Å². The van der Waals surface area contributed by atoms with Crippen LogP contribution in [0.15, 0.2) is 35.1 Å². The quantitative estimate of drug-likeness (QED) is 0.501. The van der Waals surface area contributed by atoms with Gasteiger partial charge in [-0.25, -0.2) is 4.98 Å². The summed E-state index contributed by atoms with van der Waals surface area (Å²) in [5.41, 5.74) is 2.32. The van der Waals surface area contributed by atoms with E-state index in [9.17, 15) is 9.59 Å². The number of nitrogens with zero attached hydrogens (tertiary/aromatic N) is 1. The number of carbonyl (C=O) groups excluding carboxylic acids is 1. The maximum Gasteiger partial charge on any atom is 0.259 e.